The van der Waals surface area contributed by atoms with Gasteiger partial charge in [0.15, 0.2) is 0 Å². The van der Waals surface area contributed by atoms with Gasteiger partial charge < -0.3 is 10.3 Å². The summed E-state index contributed by atoms with van der Waals surface area (Å²) >= 11 is 0. The molecule has 20 heavy (non-hydrogen) atoms. The van der Waals surface area contributed by atoms with Crippen LogP contribution in [0.1, 0.15) is 40.0 Å². The fraction of sp³-hybridized carbons (Fsp3) is 0.800. The molecule has 110 valence electrons. The molecule has 0 saturated heterocycles. The highest BCUT2D eigenvalue weighted by Crippen LogP contribution is 2.73. The third-order valence-corrected chi connectivity index (χ3v) is 6.66. The maximum Gasteiger partial charge on any atom is 0.307 e. The van der Waals surface area contributed by atoms with Gasteiger partial charge in [-0.05, 0) is 30.6 Å². The van der Waals surface area contributed by atoms with Crippen LogP contribution in [0.2, 0.25) is 0 Å². The maximum absolute atomic E-state index is 13.0. The predicted octanol–water partition coefficient (Wildman–Crippen LogP) is 2.18. The van der Waals surface area contributed by atoms with E-state index in [-0.39, 0.29) is 29.0 Å². The van der Waals surface area contributed by atoms with E-state index in [2.05, 4.69) is 12.1 Å². The molecule has 0 aromatic heterocycles. The van der Waals surface area contributed by atoms with Gasteiger partial charge in [0.25, 0.3) is 0 Å². The normalized spacial score (nSPS) is 49.6. The molecule has 3 fully saturated rings. The van der Waals surface area contributed by atoms with Gasteiger partial charge in [-0.2, -0.15) is 0 Å². The summed E-state index contributed by atoms with van der Waals surface area (Å²) in [7, 11) is 0. The first kappa shape index (κ1) is 13.6. The van der Waals surface area contributed by atoms with Crippen LogP contribution in [0.5, 0.6) is 0 Å². The van der Waals surface area contributed by atoms with Crippen LogP contribution in [-0.4, -0.2) is 27.8 Å². The predicted molar refractivity (Wildman–Crippen MR) is 71.6 cm³/mol. The van der Waals surface area contributed by atoms with E-state index in [4.69, 9.17) is 0 Å². The lowest BCUT2D eigenvalue weighted by atomic mass is 9.61. The molecule has 4 bridgehead atoms. The number of carboxylic acids is 1. The van der Waals surface area contributed by atoms with Crippen LogP contribution in [0.4, 0.5) is 0 Å². The molecule has 3 aliphatic carbocycles. The highest BCUT2D eigenvalue weighted by molar-refractivity contribution is 6.03. The number of oxime groups is 1. The van der Waals surface area contributed by atoms with Crippen molar-refractivity contribution in [2.45, 2.75) is 40.0 Å². The van der Waals surface area contributed by atoms with Gasteiger partial charge in [0.2, 0.25) is 0 Å². The largest absolute Gasteiger partial charge is 0.481 e. The van der Waals surface area contributed by atoms with E-state index in [1.165, 1.54) is 0 Å². The SMILES string of the molecule is CC1/C(=N/O)CC2C3(C)CCC2(C(C)C(=O)O)C(=O)C13. The molecule has 0 aliphatic heterocycles. The van der Waals surface area contributed by atoms with Gasteiger partial charge in [-0.1, -0.05) is 25.9 Å². The number of aliphatic carboxylic acids is 1. The number of carbonyl (C=O) groups is 2. The van der Waals surface area contributed by atoms with Crippen molar-refractivity contribution in [1.29, 1.82) is 0 Å². The van der Waals surface area contributed by atoms with Gasteiger partial charge in [0.05, 0.1) is 11.6 Å². The smallest absolute Gasteiger partial charge is 0.307 e. The summed E-state index contributed by atoms with van der Waals surface area (Å²) < 4.78 is 0. The molecule has 6 unspecified atom stereocenters. The Balaban J connectivity index is 2.16. The highest BCUT2D eigenvalue weighted by atomic mass is 16.4. The van der Waals surface area contributed by atoms with E-state index in [0.29, 0.717) is 18.6 Å². The van der Waals surface area contributed by atoms with Crippen molar-refractivity contribution in [3.8, 4) is 0 Å². The first-order chi connectivity index (χ1) is 9.30. The molecule has 5 nitrogen and oxygen atoms in total. The van der Waals surface area contributed by atoms with E-state index in [1.54, 1.807) is 6.92 Å². The van der Waals surface area contributed by atoms with Crippen molar-refractivity contribution >= 4 is 17.5 Å². The number of hydrogen-bond donors (Lipinski definition) is 2. The standard InChI is InChI=1S/C15H21NO4/c1-7-9(16-20)6-10-14(3)4-5-15(10,8(2)13(18)19)12(17)11(7)14/h7-8,10-11,20H,4-6H2,1-3H3,(H,18,19)/b16-9+. The molecule has 3 rings (SSSR count). The minimum atomic E-state index is -0.898. The Morgan fingerprint density at radius 1 is 1.45 bits per heavy atom. The molecule has 2 N–H and O–H groups in total. The molecule has 0 aromatic carbocycles. The highest BCUT2D eigenvalue weighted by Gasteiger charge is 2.75. The third-order valence-electron chi connectivity index (χ3n) is 6.66. The van der Waals surface area contributed by atoms with E-state index < -0.39 is 17.3 Å². The summed E-state index contributed by atoms with van der Waals surface area (Å²) in [4.78, 5) is 24.5. The molecule has 0 amide bonds. The monoisotopic (exact) mass is 279 g/mol. The van der Waals surface area contributed by atoms with Crippen LogP contribution in [0, 0.1) is 34.5 Å². The van der Waals surface area contributed by atoms with Crippen LogP contribution < -0.4 is 0 Å². The maximum atomic E-state index is 13.0. The van der Waals surface area contributed by atoms with Gasteiger partial charge >= 0.3 is 5.97 Å². The zero-order chi connectivity index (χ0) is 14.9. The lowest BCUT2D eigenvalue weighted by Gasteiger charge is -2.41. The van der Waals surface area contributed by atoms with Gasteiger partial charge in [-0.25, -0.2) is 0 Å². The van der Waals surface area contributed by atoms with Gasteiger partial charge in [0.1, 0.15) is 5.78 Å². The van der Waals surface area contributed by atoms with Crippen molar-refractivity contribution in [2.75, 3.05) is 0 Å². The second kappa shape index (κ2) is 3.83. The van der Waals surface area contributed by atoms with Crippen molar-refractivity contribution in [3.63, 3.8) is 0 Å². The molecular formula is C15H21NO4. The number of rotatable bonds is 2. The summed E-state index contributed by atoms with van der Waals surface area (Å²) in [6, 6.07) is 0. The summed E-state index contributed by atoms with van der Waals surface area (Å²) in [5.41, 5.74) is -0.229. The number of Topliss-reactive ketones (excluding diaryl/α,β-unsaturated/α-hetero) is 1. The zero-order valence-corrected chi connectivity index (χ0v) is 12.1. The molecule has 0 radical (unpaired) electrons. The van der Waals surface area contributed by atoms with Gasteiger partial charge in [-0.3, -0.25) is 9.59 Å². The van der Waals surface area contributed by atoms with Crippen molar-refractivity contribution in [3.05, 3.63) is 0 Å². The quantitative estimate of drug-likeness (QED) is 0.599. The Labute approximate surface area is 118 Å². The Hall–Kier alpha value is -1.39. The number of hydrogen-bond acceptors (Lipinski definition) is 4. The van der Waals surface area contributed by atoms with E-state index in [0.717, 1.165) is 6.42 Å². The van der Waals surface area contributed by atoms with Crippen molar-refractivity contribution in [2.24, 2.45) is 39.7 Å². The first-order valence-electron chi connectivity index (χ1n) is 7.28. The summed E-state index contributed by atoms with van der Waals surface area (Å²) in [6.07, 6.45) is 2.10. The third kappa shape index (κ3) is 1.22. The van der Waals surface area contributed by atoms with E-state index >= 15 is 0 Å². The average Bonchev–Trinajstić information content (AvgIpc) is 2.74. The first-order valence-corrected chi connectivity index (χ1v) is 7.28. The van der Waals surface area contributed by atoms with Crippen molar-refractivity contribution in [1.82, 2.24) is 0 Å². The summed E-state index contributed by atoms with van der Waals surface area (Å²) in [6.45, 7) is 5.71. The number of nitrogens with zero attached hydrogens (tertiary/aromatic N) is 1. The molecule has 6 atom stereocenters. The fourth-order valence-electron chi connectivity index (χ4n) is 5.55. The second-order valence-electron chi connectivity index (χ2n) is 7.08. The number of carboxylic acid groups (broad SMARTS) is 1. The molecule has 3 aliphatic rings. The zero-order valence-electron chi connectivity index (χ0n) is 12.1. The minimum absolute atomic E-state index is 0.000648. The van der Waals surface area contributed by atoms with Crippen molar-refractivity contribution < 1.29 is 19.9 Å². The van der Waals surface area contributed by atoms with E-state index in [9.17, 15) is 19.9 Å². The van der Waals surface area contributed by atoms with Crippen LogP contribution in [-0.2, 0) is 9.59 Å². The minimum Gasteiger partial charge on any atom is -0.481 e. The lowest BCUT2D eigenvalue weighted by Crippen LogP contribution is -2.43. The summed E-state index contributed by atoms with van der Waals surface area (Å²) in [5, 5.41) is 22.0. The summed E-state index contributed by atoms with van der Waals surface area (Å²) in [5.74, 6) is -1.75. The van der Waals surface area contributed by atoms with Gasteiger partial charge in [-0.15, -0.1) is 0 Å². The van der Waals surface area contributed by atoms with Crippen LogP contribution >= 0.6 is 0 Å². The Bertz CT molecular complexity index is 528. The molecule has 5 heteroatoms. The fourth-order valence-corrected chi connectivity index (χ4v) is 5.55. The molecular weight excluding hydrogens is 258 g/mol. The average molecular weight is 279 g/mol. The number of carbonyl (C=O) groups excluding carboxylic acids is 1. The van der Waals surface area contributed by atoms with Crippen LogP contribution in [0.3, 0.4) is 0 Å². The second-order valence-corrected chi connectivity index (χ2v) is 7.08. The molecule has 0 aromatic rings. The Morgan fingerprint density at radius 2 is 2.10 bits per heavy atom. The molecule has 3 saturated carbocycles. The molecule has 0 heterocycles. The topological polar surface area (TPSA) is 87.0 Å². The Kier molecular flexibility index (Phi) is 2.60. The van der Waals surface area contributed by atoms with Crippen LogP contribution in [0.15, 0.2) is 5.16 Å². The van der Waals surface area contributed by atoms with Crippen LogP contribution in [0.25, 0.3) is 0 Å². The lowest BCUT2D eigenvalue weighted by molar-refractivity contribution is -0.152. The van der Waals surface area contributed by atoms with Gasteiger partial charge in [0, 0.05) is 17.3 Å². The number of ketones is 1. The Morgan fingerprint density at radius 3 is 2.65 bits per heavy atom. The molecule has 0 spiro atoms. The van der Waals surface area contributed by atoms with E-state index in [1.807, 2.05) is 6.92 Å².